The van der Waals surface area contributed by atoms with Crippen LogP contribution in [0, 0.1) is 0 Å². The number of ketones is 1. The number of thiophene rings is 1. The van der Waals surface area contributed by atoms with E-state index in [0.29, 0.717) is 29.7 Å². The summed E-state index contributed by atoms with van der Waals surface area (Å²) in [5, 5.41) is 3.79. The van der Waals surface area contributed by atoms with Gasteiger partial charge in [-0.15, -0.1) is 11.3 Å². The monoisotopic (exact) mass is 597 g/mol. The van der Waals surface area contributed by atoms with Crippen LogP contribution >= 0.6 is 11.3 Å². The fraction of sp³-hybridized carbons (Fsp3) is 0.324. The largest absolute Gasteiger partial charge is 0.497 e. The van der Waals surface area contributed by atoms with Gasteiger partial charge in [0.15, 0.2) is 5.78 Å². The van der Waals surface area contributed by atoms with E-state index in [1.54, 1.807) is 21.3 Å². The van der Waals surface area contributed by atoms with Gasteiger partial charge in [0.25, 0.3) is 0 Å². The maximum absolute atomic E-state index is 14.2. The molecule has 1 aromatic heterocycles. The van der Waals surface area contributed by atoms with Crippen LogP contribution in [0.4, 0.5) is 5.69 Å². The predicted octanol–water partition coefficient (Wildman–Crippen LogP) is 5.97. The number of amides is 2. The number of nitrogens with zero attached hydrogens (tertiary/aromatic N) is 2. The third-order valence-electron chi connectivity index (χ3n) is 8.48. The van der Waals surface area contributed by atoms with Gasteiger partial charge in [-0.05, 0) is 74.3 Å². The molecule has 0 bridgehead atoms. The average molecular weight is 598 g/mol. The lowest BCUT2D eigenvalue weighted by Gasteiger charge is -2.19. The molecule has 1 unspecified atom stereocenters. The molecule has 4 aromatic rings. The van der Waals surface area contributed by atoms with E-state index in [2.05, 4.69) is 10.2 Å². The Morgan fingerprint density at radius 2 is 1.74 bits per heavy atom. The smallest absolute Gasteiger partial charge is 0.247 e. The summed E-state index contributed by atoms with van der Waals surface area (Å²) < 4.78 is 12.2. The van der Waals surface area contributed by atoms with Crippen molar-refractivity contribution >= 4 is 44.7 Å². The van der Waals surface area contributed by atoms with Crippen LogP contribution < -0.4 is 14.8 Å². The summed E-state index contributed by atoms with van der Waals surface area (Å²) in [6, 6.07) is 18.6. The first-order valence-corrected chi connectivity index (χ1v) is 15.4. The summed E-state index contributed by atoms with van der Waals surface area (Å²) in [5.74, 6) is 1.14. The van der Waals surface area contributed by atoms with Crippen molar-refractivity contribution in [3.05, 3.63) is 77.4 Å². The van der Waals surface area contributed by atoms with Crippen molar-refractivity contribution in [3.8, 4) is 21.9 Å². The number of anilines is 1. The maximum Gasteiger partial charge on any atom is 0.247 e. The van der Waals surface area contributed by atoms with Crippen LogP contribution in [0.3, 0.4) is 0 Å². The van der Waals surface area contributed by atoms with Crippen molar-refractivity contribution in [3.63, 3.8) is 0 Å². The second-order valence-electron chi connectivity index (χ2n) is 11.1. The zero-order chi connectivity index (χ0) is 30.1. The Balaban J connectivity index is 1.32. The quantitative estimate of drug-likeness (QED) is 0.239. The van der Waals surface area contributed by atoms with Gasteiger partial charge in [0, 0.05) is 57.4 Å². The molecular weight excluding hydrogens is 562 g/mol. The molecule has 1 N–H and O–H groups in total. The predicted molar refractivity (Wildman–Crippen MR) is 169 cm³/mol. The molecule has 222 valence electrons. The molecule has 6 rings (SSSR count). The number of ether oxygens (including phenoxy) is 2. The van der Waals surface area contributed by atoms with Crippen LogP contribution in [0.15, 0.2) is 60.7 Å². The Morgan fingerprint density at radius 3 is 2.42 bits per heavy atom. The summed E-state index contributed by atoms with van der Waals surface area (Å²) in [5.41, 5.74) is 3.77. The van der Waals surface area contributed by atoms with E-state index in [9.17, 15) is 14.4 Å². The van der Waals surface area contributed by atoms with E-state index in [4.69, 9.17) is 9.47 Å². The van der Waals surface area contributed by atoms with Gasteiger partial charge in [-0.1, -0.05) is 24.3 Å². The van der Waals surface area contributed by atoms with Crippen LogP contribution in [0.2, 0.25) is 0 Å². The first-order valence-electron chi connectivity index (χ1n) is 14.6. The van der Waals surface area contributed by atoms with Gasteiger partial charge in [-0.3, -0.25) is 19.3 Å². The number of methoxy groups -OCH3 is 2. The van der Waals surface area contributed by atoms with E-state index >= 15 is 0 Å². The van der Waals surface area contributed by atoms with Crippen LogP contribution in [-0.2, 0) is 16.1 Å². The van der Waals surface area contributed by atoms with Gasteiger partial charge in [-0.2, -0.15) is 0 Å². The van der Waals surface area contributed by atoms with E-state index < -0.39 is 6.04 Å². The Hall–Kier alpha value is -4.21. The minimum absolute atomic E-state index is 0.0204. The van der Waals surface area contributed by atoms with Crippen molar-refractivity contribution in [2.24, 2.45) is 0 Å². The van der Waals surface area contributed by atoms with Crippen molar-refractivity contribution in [2.45, 2.75) is 38.3 Å². The average Bonchev–Trinajstić information content (AvgIpc) is 3.76. The van der Waals surface area contributed by atoms with E-state index in [0.717, 1.165) is 57.2 Å². The topological polar surface area (TPSA) is 88.2 Å². The number of rotatable bonds is 9. The molecule has 3 heterocycles. The fourth-order valence-electron chi connectivity index (χ4n) is 6.02. The molecule has 0 radical (unpaired) electrons. The molecule has 2 aliphatic heterocycles. The Kier molecular flexibility index (Phi) is 8.19. The number of carbonyl (C=O) groups excluding carboxylic acids is 3. The molecular formula is C34H35N3O5S. The molecule has 0 aliphatic carbocycles. The van der Waals surface area contributed by atoms with Crippen LogP contribution in [0.5, 0.6) is 11.5 Å². The zero-order valence-corrected chi connectivity index (χ0v) is 25.5. The van der Waals surface area contributed by atoms with Gasteiger partial charge in [0.1, 0.15) is 17.5 Å². The van der Waals surface area contributed by atoms with Crippen molar-refractivity contribution in [1.29, 1.82) is 0 Å². The normalized spacial score (nSPS) is 17.0. The molecule has 0 spiro atoms. The summed E-state index contributed by atoms with van der Waals surface area (Å²) in [4.78, 5) is 43.7. The highest BCUT2D eigenvalue weighted by atomic mass is 32.1. The lowest BCUT2D eigenvalue weighted by molar-refractivity contribution is -0.131. The third kappa shape index (κ3) is 5.75. The molecule has 0 saturated carbocycles. The van der Waals surface area contributed by atoms with Crippen molar-refractivity contribution in [2.75, 3.05) is 39.7 Å². The minimum atomic E-state index is -0.465. The molecule has 2 aliphatic rings. The lowest BCUT2D eigenvalue weighted by atomic mass is 9.96. The highest BCUT2D eigenvalue weighted by molar-refractivity contribution is 7.22. The van der Waals surface area contributed by atoms with Gasteiger partial charge in [0.05, 0.1) is 14.2 Å². The molecule has 2 saturated heterocycles. The number of nitrogens with one attached hydrogen (secondary N) is 1. The fourth-order valence-corrected chi connectivity index (χ4v) is 7.25. The number of likely N-dealkylation sites (tertiary alicyclic amines) is 2. The molecule has 8 nitrogen and oxygen atoms in total. The molecule has 43 heavy (non-hydrogen) atoms. The Morgan fingerprint density at radius 1 is 0.977 bits per heavy atom. The number of hydrogen-bond acceptors (Lipinski definition) is 7. The molecule has 3 aromatic carbocycles. The number of benzene rings is 3. The SMILES string of the molecule is COc1ccc2c(C(=O)c3ccc(CN4CCCC4)c(OC)c3)c(-c3ccc(NC(=O)C4CCC(=O)N4C)cc3)sc2c1. The van der Waals surface area contributed by atoms with Gasteiger partial charge in [-0.25, -0.2) is 0 Å². The van der Waals surface area contributed by atoms with Gasteiger partial charge in [0.2, 0.25) is 11.8 Å². The maximum atomic E-state index is 14.2. The third-order valence-corrected chi connectivity index (χ3v) is 9.68. The summed E-state index contributed by atoms with van der Waals surface area (Å²) in [6.45, 7) is 2.97. The highest BCUT2D eigenvalue weighted by Gasteiger charge is 2.33. The number of fused-ring (bicyclic) bond motifs is 1. The summed E-state index contributed by atoms with van der Waals surface area (Å²) in [7, 11) is 4.94. The Bertz CT molecular complexity index is 1690. The second-order valence-corrected chi connectivity index (χ2v) is 12.2. The van der Waals surface area contributed by atoms with E-state index in [-0.39, 0.29) is 17.6 Å². The summed E-state index contributed by atoms with van der Waals surface area (Å²) >= 11 is 1.53. The minimum Gasteiger partial charge on any atom is -0.497 e. The van der Waals surface area contributed by atoms with Crippen LogP contribution in [0.25, 0.3) is 20.5 Å². The Labute approximate surface area is 255 Å². The number of hydrogen-bond donors (Lipinski definition) is 1. The first kappa shape index (κ1) is 28.9. The van der Waals surface area contributed by atoms with Gasteiger partial charge >= 0.3 is 0 Å². The first-order chi connectivity index (χ1) is 20.9. The van der Waals surface area contributed by atoms with E-state index in [1.165, 1.54) is 29.1 Å². The lowest BCUT2D eigenvalue weighted by Crippen LogP contribution is -2.38. The number of likely N-dealkylation sites (N-methyl/N-ethyl adjacent to an activating group) is 1. The molecule has 1 atom stereocenters. The highest BCUT2D eigenvalue weighted by Crippen LogP contribution is 2.42. The summed E-state index contributed by atoms with van der Waals surface area (Å²) in [6.07, 6.45) is 3.32. The molecule has 9 heteroatoms. The van der Waals surface area contributed by atoms with E-state index in [1.807, 2.05) is 60.7 Å². The number of carbonyl (C=O) groups is 3. The van der Waals surface area contributed by atoms with Crippen molar-refractivity contribution < 1.29 is 23.9 Å². The van der Waals surface area contributed by atoms with Crippen LogP contribution in [-0.4, -0.2) is 67.8 Å². The van der Waals surface area contributed by atoms with Crippen LogP contribution in [0.1, 0.15) is 47.2 Å². The standard InChI is InChI=1S/C34H35N3O5S/c1-36-27(14-15-30(36)38)34(40)35-24-10-8-21(9-11-24)33-31(26-13-12-25(41-2)19-29(26)43-33)32(39)22-6-7-23(28(18-22)42-3)20-37-16-4-5-17-37/h6-13,18-19,27H,4-5,14-17,20H2,1-3H3,(H,35,40). The zero-order valence-electron chi connectivity index (χ0n) is 24.6. The van der Waals surface area contributed by atoms with Crippen molar-refractivity contribution in [1.82, 2.24) is 9.80 Å². The second kappa shape index (κ2) is 12.2. The molecule has 2 fully saturated rings. The van der Waals surface area contributed by atoms with Gasteiger partial charge < -0.3 is 19.7 Å². The molecule has 2 amide bonds.